The molecule has 434 valence electrons. The highest BCUT2D eigenvalue weighted by Gasteiger charge is 2.19. The molecule has 0 radical (unpaired) electrons. The van der Waals surface area contributed by atoms with Gasteiger partial charge in [0.25, 0.3) is 0 Å². The summed E-state index contributed by atoms with van der Waals surface area (Å²) >= 11 is 0. The molecule has 1 atom stereocenters. The van der Waals surface area contributed by atoms with Crippen LogP contribution in [0.15, 0.2) is 72.9 Å². The third-order valence-corrected chi connectivity index (χ3v) is 14.2. The van der Waals surface area contributed by atoms with Gasteiger partial charge in [-0.1, -0.05) is 273 Å². The maximum absolute atomic E-state index is 12.9. The van der Waals surface area contributed by atoms with E-state index in [1.165, 1.54) is 199 Å². The van der Waals surface area contributed by atoms with Crippen LogP contribution in [0.2, 0.25) is 0 Å². The molecule has 0 spiro atoms. The van der Waals surface area contributed by atoms with Crippen LogP contribution in [0.25, 0.3) is 0 Å². The molecule has 0 rings (SSSR count). The Kier molecular flexibility index (Phi) is 60.7. The van der Waals surface area contributed by atoms with Crippen molar-refractivity contribution in [1.29, 1.82) is 0 Å². The second kappa shape index (κ2) is 63.4. The minimum Gasteiger partial charge on any atom is -0.462 e. The van der Waals surface area contributed by atoms with Crippen molar-refractivity contribution in [3.8, 4) is 0 Å². The van der Waals surface area contributed by atoms with Crippen molar-refractivity contribution in [2.45, 2.75) is 335 Å². The molecular weight excluding hydrogens is 925 g/mol. The van der Waals surface area contributed by atoms with E-state index in [9.17, 15) is 14.4 Å². The number of ether oxygens (including phenoxy) is 3. The molecule has 0 aromatic carbocycles. The maximum Gasteiger partial charge on any atom is 0.306 e. The Hall–Kier alpha value is -3.15. The first-order valence-corrected chi connectivity index (χ1v) is 32.4. The normalized spacial score (nSPS) is 12.5. The molecule has 0 fully saturated rings. The summed E-state index contributed by atoms with van der Waals surface area (Å²) in [5, 5.41) is 0. The smallest absolute Gasteiger partial charge is 0.306 e. The predicted octanol–water partition coefficient (Wildman–Crippen LogP) is 22.1. The van der Waals surface area contributed by atoms with Gasteiger partial charge in [0, 0.05) is 19.3 Å². The van der Waals surface area contributed by atoms with Crippen LogP contribution in [0.5, 0.6) is 0 Å². The molecule has 75 heavy (non-hydrogen) atoms. The third-order valence-electron chi connectivity index (χ3n) is 14.2. The summed E-state index contributed by atoms with van der Waals surface area (Å²) in [5.74, 6) is -0.879. The van der Waals surface area contributed by atoms with Crippen molar-refractivity contribution >= 4 is 17.9 Å². The molecular formula is C69H122O6. The fourth-order valence-electron chi connectivity index (χ4n) is 9.31. The van der Waals surface area contributed by atoms with Crippen molar-refractivity contribution in [3.05, 3.63) is 72.9 Å². The minimum atomic E-state index is -0.782. The zero-order chi connectivity index (χ0) is 54.3. The zero-order valence-corrected chi connectivity index (χ0v) is 49.8. The third kappa shape index (κ3) is 61.6. The van der Waals surface area contributed by atoms with Crippen LogP contribution < -0.4 is 0 Å². The molecule has 6 heteroatoms. The Balaban J connectivity index is 4.32. The molecule has 0 aliphatic carbocycles. The van der Waals surface area contributed by atoms with Crippen LogP contribution in [0.1, 0.15) is 329 Å². The van der Waals surface area contributed by atoms with E-state index >= 15 is 0 Å². The summed E-state index contributed by atoms with van der Waals surface area (Å²) in [5.41, 5.74) is 0. The first-order valence-electron chi connectivity index (χ1n) is 32.4. The lowest BCUT2D eigenvalue weighted by atomic mass is 10.0. The SMILES string of the molecule is CC/C=C\C/C=C\C/C=C\C/C=C\CCCCCCCCCCCCC(=O)OCC(COC(=O)CCCCCCC/C=C\CCCCCC)OC(=O)CCCCCCCCCCC/C=C\CCCCCCCCCC. The lowest BCUT2D eigenvalue weighted by molar-refractivity contribution is -0.167. The van der Waals surface area contributed by atoms with Gasteiger partial charge >= 0.3 is 17.9 Å². The van der Waals surface area contributed by atoms with E-state index in [2.05, 4.69) is 93.7 Å². The van der Waals surface area contributed by atoms with E-state index < -0.39 is 6.10 Å². The number of rotatable bonds is 59. The number of allylic oxidation sites excluding steroid dienone is 12. The Morgan fingerprint density at radius 2 is 0.520 bits per heavy atom. The number of esters is 3. The lowest BCUT2D eigenvalue weighted by Crippen LogP contribution is -2.30. The monoisotopic (exact) mass is 1050 g/mol. The van der Waals surface area contributed by atoms with Crippen LogP contribution in [0.4, 0.5) is 0 Å². The number of carbonyl (C=O) groups is 3. The molecule has 0 aliphatic rings. The van der Waals surface area contributed by atoms with E-state index in [0.717, 1.165) is 89.9 Å². The molecule has 0 heterocycles. The Morgan fingerprint density at radius 1 is 0.280 bits per heavy atom. The van der Waals surface area contributed by atoms with Crippen molar-refractivity contribution in [1.82, 2.24) is 0 Å². The molecule has 0 saturated heterocycles. The highest BCUT2D eigenvalue weighted by Crippen LogP contribution is 2.16. The van der Waals surface area contributed by atoms with E-state index in [1.807, 2.05) is 0 Å². The quantitative estimate of drug-likeness (QED) is 0.0261. The van der Waals surface area contributed by atoms with E-state index in [1.54, 1.807) is 0 Å². The molecule has 0 N–H and O–H groups in total. The fraction of sp³-hybridized carbons (Fsp3) is 0.783. The second-order valence-corrected chi connectivity index (χ2v) is 21.6. The van der Waals surface area contributed by atoms with E-state index in [4.69, 9.17) is 14.2 Å². The fourth-order valence-corrected chi connectivity index (χ4v) is 9.31. The van der Waals surface area contributed by atoms with Crippen LogP contribution in [-0.4, -0.2) is 37.2 Å². The van der Waals surface area contributed by atoms with Gasteiger partial charge in [0.1, 0.15) is 13.2 Å². The second-order valence-electron chi connectivity index (χ2n) is 21.6. The average molecular weight is 1050 g/mol. The van der Waals surface area contributed by atoms with E-state index in [-0.39, 0.29) is 31.1 Å². The van der Waals surface area contributed by atoms with Gasteiger partial charge in [-0.15, -0.1) is 0 Å². The maximum atomic E-state index is 12.9. The Bertz CT molecular complexity index is 1390. The standard InChI is InChI=1S/C69H122O6/c1-4-7-10-13-16-19-22-25-27-29-31-33-34-36-37-39-41-44-47-50-53-56-59-62-68(71)74-65-66(64-73-67(70)61-58-55-52-49-46-43-24-21-18-15-12-9-6-3)75-69(72)63-60-57-54-51-48-45-42-40-38-35-32-30-28-26-23-20-17-14-11-8-5-2/h7,10,16,19,21,24-25,27,30-33,66H,4-6,8-9,11-15,17-18,20,22-23,26,28-29,34-65H2,1-3H3/b10-7-,19-16-,24-21-,27-25-,32-30-,33-31-. The highest BCUT2D eigenvalue weighted by atomic mass is 16.6. The number of hydrogen-bond donors (Lipinski definition) is 0. The lowest BCUT2D eigenvalue weighted by Gasteiger charge is -2.18. The summed E-state index contributed by atoms with van der Waals surface area (Å²) in [6.45, 7) is 6.54. The van der Waals surface area contributed by atoms with Crippen LogP contribution >= 0.6 is 0 Å². The van der Waals surface area contributed by atoms with E-state index in [0.29, 0.717) is 19.3 Å². The zero-order valence-electron chi connectivity index (χ0n) is 49.8. The first-order chi connectivity index (χ1) is 37.0. The Labute approximate surface area is 465 Å². The minimum absolute atomic E-state index is 0.0793. The summed E-state index contributed by atoms with van der Waals surface area (Å²) in [6, 6.07) is 0. The van der Waals surface area contributed by atoms with Gasteiger partial charge in [0.05, 0.1) is 0 Å². The molecule has 6 nitrogen and oxygen atoms in total. The number of hydrogen-bond acceptors (Lipinski definition) is 6. The molecule has 0 amide bonds. The average Bonchev–Trinajstić information content (AvgIpc) is 3.41. The number of carbonyl (C=O) groups excluding carboxylic acids is 3. The van der Waals surface area contributed by atoms with Gasteiger partial charge in [-0.2, -0.15) is 0 Å². The van der Waals surface area contributed by atoms with Gasteiger partial charge in [-0.3, -0.25) is 14.4 Å². The van der Waals surface area contributed by atoms with Crippen molar-refractivity contribution < 1.29 is 28.6 Å². The van der Waals surface area contributed by atoms with Crippen molar-refractivity contribution in [3.63, 3.8) is 0 Å². The molecule has 0 aromatic heterocycles. The molecule has 0 saturated carbocycles. The van der Waals surface area contributed by atoms with Crippen LogP contribution in [0, 0.1) is 0 Å². The summed E-state index contributed by atoms with van der Waals surface area (Å²) in [4.78, 5) is 38.3. The number of unbranched alkanes of at least 4 members (excludes halogenated alkanes) is 36. The van der Waals surface area contributed by atoms with Gasteiger partial charge in [-0.25, -0.2) is 0 Å². The van der Waals surface area contributed by atoms with Gasteiger partial charge in [0.15, 0.2) is 6.10 Å². The molecule has 0 bridgehead atoms. The summed E-state index contributed by atoms with van der Waals surface area (Å²) in [6.07, 6.45) is 81.9. The molecule has 0 aliphatic heterocycles. The van der Waals surface area contributed by atoms with Crippen molar-refractivity contribution in [2.75, 3.05) is 13.2 Å². The van der Waals surface area contributed by atoms with Gasteiger partial charge in [-0.05, 0) is 109 Å². The van der Waals surface area contributed by atoms with Crippen LogP contribution in [-0.2, 0) is 28.6 Å². The van der Waals surface area contributed by atoms with Crippen molar-refractivity contribution in [2.24, 2.45) is 0 Å². The summed E-state index contributed by atoms with van der Waals surface area (Å²) < 4.78 is 16.9. The first kappa shape index (κ1) is 71.8. The summed E-state index contributed by atoms with van der Waals surface area (Å²) in [7, 11) is 0. The van der Waals surface area contributed by atoms with Gasteiger partial charge in [0.2, 0.25) is 0 Å². The predicted molar refractivity (Wildman–Crippen MR) is 325 cm³/mol. The molecule has 1 unspecified atom stereocenters. The topological polar surface area (TPSA) is 78.9 Å². The Morgan fingerprint density at radius 3 is 0.840 bits per heavy atom. The largest absolute Gasteiger partial charge is 0.462 e. The molecule has 0 aromatic rings. The van der Waals surface area contributed by atoms with Gasteiger partial charge < -0.3 is 14.2 Å². The highest BCUT2D eigenvalue weighted by molar-refractivity contribution is 5.71. The van der Waals surface area contributed by atoms with Crippen LogP contribution in [0.3, 0.4) is 0 Å².